The third kappa shape index (κ3) is 13.2. The van der Waals surface area contributed by atoms with Crippen molar-refractivity contribution in [1.82, 2.24) is 0 Å². The molecule has 0 heterocycles. The van der Waals surface area contributed by atoms with Gasteiger partial charge in [0.25, 0.3) is 0 Å². The molecule has 0 amide bonds. The predicted molar refractivity (Wildman–Crippen MR) is 59.7 cm³/mol. The minimum Gasteiger partial charge on any atom is -0.480 e. The van der Waals surface area contributed by atoms with E-state index in [4.69, 9.17) is 10.8 Å². The van der Waals surface area contributed by atoms with E-state index in [1.165, 1.54) is 7.11 Å². The average molecular weight is 238 g/mol. The van der Waals surface area contributed by atoms with Gasteiger partial charge in [-0.25, -0.2) is 0 Å². The van der Waals surface area contributed by atoms with Crippen molar-refractivity contribution in [1.29, 1.82) is 0 Å². The Labute approximate surface area is 93.3 Å². The SMILES string of the molecule is COC(=O)[C@@H](N)CCSC.NCC(=O)O. The van der Waals surface area contributed by atoms with Gasteiger partial charge in [0.05, 0.1) is 13.7 Å². The topological polar surface area (TPSA) is 116 Å². The van der Waals surface area contributed by atoms with Crippen LogP contribution in [0, 0.1) is 0 Å². The maximum absolute atomic E-state index is 10.7. The van der Waals surface area contributed by atoms with Crippen LogP contribution in [0.5, 0.6) is 0 Å². The first-order valence-corrected chi connectivity index (χ1v) is 5.63. The van der Waals surface area contributed by atoms with E-state index in [0.717, 1.165) is 5.75 Å². The third-order valence-electron chi connectivity index (χ3n) is 1.31. The van der Waals surface area contributed by atoms with Crippen molar-refractivity contribution in [3.05, 3.63) is 0 Å². The second-order valence-corrected chi connectivity index (χ2v) is 3.49. The molecule has 0 aliphatic rings. The Morgan fingerprint density at radius 3 is 2.27 bits per heavy atom. The molecule has 0 aromatic rings. The fourth-order valence-corrected chi connectivity index (χ4v) is 1.00. The lowest BCUT2D eigenvalue weighted by molar-refractivity contribution is -0.142. The number of carbonyl (C=O) groups excluding carboxylic acids is 1. The van der Waals surface area contributed by atoms with E-state index < -0.39 is 12.0 Å². The van der Waals surface area contributed by atoms with Gasteiger partial charge < -0.3 is 21.3 Å². The molecule has 1 atom stereocenters. The maximum atomic E-state index is 10.7. The van der Waals surface area contributed by atoms with Crippen molar-refractivity contribution < 1.29 is 19.4 Å². The zero-order chi connectivity index (χ0) is 12.3. The Balaban J connectivity index is 0. The van der Waals surface area contributed by atoms with Crippen molar-refractivity contribution in [2.45, 2.75) is 12.5 Å². The maximum Gasteiger partial charge on any atom is 0.322 e. The van der Waals surface area contributed by atoms with Crippen molar-refractivity contribution in [3.8, 4) is 0 Å². The molecule has 0 radical (unpaired) electrons. The highest BCUT2D eigenvalue weighted by molar-refractivity contribution is 7.98. The van der Waals surface area contributed by atoms with E-state index in [-0.39, 0.29) is 12.5 Å². The number of ether oxygens (including phenoxy) is 1. The number of aliphatic carboxylic acids is 1. The number of hydrogen-bond donors (Lipinski definition) is 3. The summed E-state index contributed by atoms with van der Waals surface area (Å²) in [5.74, 6) is -0.393. The molecular formula is C8H18N2O4S. The van der Waals surface area contributed by atoms with Gasteiger partial charge in [0.2, 0.25) is 0 Å². The molecule has 0 unspecified atom stereocenters. The Hall–Kier alpha value is -0.790. The third-order valence-corrected chi connectivity index (χ3v) is 1.96. The highest BCUT2D eigenvalue weighted by Crippen LogP contribution is 1.99. The van der Waals surface area contributed by atoms with Crippen molar-refractivity contribution in [2.24, 2.45) is 11.5 Å². The van der Waals surface area contributed by atoms with Crippen molar-refractivity contribution >= 4 is 23.7 Å². The quantitative estimate of drug-likeness (QED) is 0.541. The molecule has 0 bridgehead atoms. The molecule has 0 aliphatic carbocycles. The average Bonchev–Trinajstić information content (AvgIpc) is 2.25. The van der Waals surface area contributed by atoms with E-state index in [9.17, 15) is 9.59 Å². The van der Waals surface area contributed by atoms with Crippen LogP contribution in [0.2, 0.25) is 0 Å². The Bertz CT molecular complexity index is 189. The minimum atomic E-state index is -0.968. The summed E-state index contributed by atoms with van der Waals surface area (Å²) in [6.07, 6.45) is 2.66. The number of carboxylic acid groups (broad SMARTS) is 1. The number of nitrogens with two attached hydrogens (primary N) is 2. The molecular weight excluding hydrogens is 220 g/mol. The minimum absolute atomic E-state index is 0.278. The van der Waals surface area contributed by atoms with Crippen LogP contribution in [-0.2, 0) is 14.3 Å². The molecule has 0 aromatic carbocycles. The zero-order valence-corrected chi connectivity index (χ0v) is 9.75. The Kier molecular flexibility index (Phi) is 12.5. The number of esters is 1. The lowest BCUT2D eigenvalue weighted by atomic mass is 10.2. The summed E-state index contributed by atoms with van der Waals surface area (Å²) < 4.78 is 4.44. The fraction of sp³-hybridized carbons (Fsp3) is 0.750. The van der Waals surface area contributed by atoms with Gasteiger partial charge >= 0.3 is 11.9 Å². The normalized spacial score (nSPS) is 10.9. The van der Waals surface area contributed by atoms with Gasteiger partial charge in [-0.2, -0.15) is 11.8 Å². The standard InChI is InChI=1S/C6H13NO2S.C2H5NO2/c1-9-6(8)5(7)3-4-10-2;3-1-2(4)5/h5H,3-4,7H2,1-2H3;1,3H2,(H,4,5)/t5-;/m0./s1. The van der Waals surface area contributed by atoms with Crippen molar-refractivity contribution in [3.63, 3.8) is 0 Å². The van der Waals surface area contributed by atoms with Crippen LogP contribution in [0.1, 0.15) is 6.42 Å². The molecule has 15 heavy (non-hydrogen) atoms. The Morgan fingerprint density at radius 1 is 1.53 bits per heavy atom. The van der Waals surface area contributed by atoms with Crippen LogP contribution >= 0.6 is 11.8 Å². The van der Waals surface area contributed by atoms with Crippen LogP contribution in [0.3, 0.4) is 0 Å². The molecule has 0 saturated carbocycles. The first-order chi connectivity index (χ1) is 6.99. The molecule has 0 aromatic heterocycles. The summed E-state index contributed by atoms with van der Waals surface area (Å²) in [6.45, 7) is -0.278. The predicted octanol–water partition coefficient (Wildman–Crippen LogP) is -0.730. The van der Waals surface area contributed by atoms with Crippen molar-refractivity contribution in [2.75, 3.05) is 25.7 Å². The van der Waals surface area contributed by atoms with Crippen LogP contribution in [-0.4, -0.2) is 48.8 Å². The van der Waals surface area contributed by atoms with E-state index in [1.807, 2.05) is 6.26 Å². The van der Waals surface area contributed by atoms with Gasteiger partial charge in [-0.15, -0.1) is 0 Å². The smallest absolute Gasteiger partial charge is 0.322 e. The molecule has 0 spiro atoms. The van der Waals surface area contributed by atoms with E-state index in [0.29, 0.717) is 6.42 Å². The summed E-state index contributed by atoms with van der Waals surface area (Å²) in [5.41, 5.74) is 10.00. The lowest BCUT2D eigenvalue weighted by Gasteiger charge is -2.06. The molecule has 0 aliphatic heterocycles. The number of carbonyl (C=O) groups is 2. The molecule has 6 nitrogen and oxygen atoms in total. The largest absolute Gasteiger partial charge is 0.480 e. The van der Waals surface area contributed by atoms with Crippen LogP contribution in [0.25, 0.3) is 0 Å². The van der Waals surface area contributed by atoms with Crippen LogP contribution in [0.15, 0.2) is 0 Å². The van der Waals surface area contributed by atoms with Crippen LogP contribution in [0.4, 0.5) is 0 Å². The van der Waals surface area contributed by atoms with E-state index in [1.54, 1.807) is 11.8 Å². The van der Waals surface area contributed by atoms with Gasteiger partial charge in [0, 0.05) is 0 Å². The second-order valence-electron chi connectivity index (χ2n) is 2.51. The first-order valence-electron chi connectivity index (χ1n) is 4.23. The van der Waals surface area contributed by atoms with E-state index >= 15 is 0 Å². The summed E-state index contributed by atoms with van der Waals surface area (Å²) in [7, 11) is 1.35. The second kappa shape index (κ2) is 11.3. The van der Waals surface area contributed by atoms with Gasteiger partial charge in [-0.3, -0.25) is 9.59 Å². The van der Waals surface area contributed by atoms with Gasteiger partial charge in [-0.1, -0.05) is 0 Å². The van der Waals surface area contributed by atoms with Gasteiger partial charge in [0.1, 0.15) is 6.04 Å². The number of thioether (sulfide) groups is 1. The highest BCUT2D eigenvalue weighted by atomic mass is 32.2. The van der Waals surface area contributed by atoms with Gasteiger partial charge in [0.15, 0.2) is 0 Å². The van der Waals surface area contributed by atoms with Crippen LogP contribution < -0.4 is 11.5 Å². The highest BCUT2D eigenvalue weighted by Gasteiger charge is 2.11. The fourth-order valence-electron chi connectivity index (χ4n) is 0.514. The number of methoxy groups -OCH3 is 1. The molecule has 0 rings (SSSR count). The molecule has 0 fully saturated rings. The summed E-state index contributed by atoms with van der Waals surface area (Å²) in [6, 6.07) is -0.447. The summed E-state index contributed by atoms with van der Waals surface area (Å²) in [4.78, 5) is 19.9. The Morgan fingerprint density at radius 2 is 2.00 bits per heavy atom. The first kappa shape index (κ1) is 16.6. The molecule has 7 heteroatoms. The number of rotatable bonds is 5. The zero-order valence-electron chi connectivity index (χ0n) is 8.93. The summed E-state index contributed by atoms with van der Waals surface area (Å²) in [5, 5.41) is 7.60. The lowest BCUT2D eigenvalue weighted by Crippen LogP contribution is -2.31. The molecule has 5 N–H and O–H groups in total. The van der Waals surface area contributed by atoms with E-state index in [2.05, 4.69) is 10.5 Å². The summed E-state index contributed by atoms with van der Waals surface area (Å²) >= 11 is 1.67. The molecule has 90 valence electrons. The van der Waals surface area contributed by atoms with Gasteiger partial charge in [-0.05, 0) is 18.4 Å². The number of carboxylic acids is 1. The molecule has 0 saturated heterocycles. The number of hydrogen-bond acceptors (Lipinski definition) is 6. The monoisotopic (exact) mass is 238 g/mol.